The molecule has 0 spiro atoms. The molecule has 0 unspecified atom stereocenters. The highest BCUT2D eigenvalue weighted by Gasteiger charge is 2.24. The van der Waals surface area contributed by atoms with Crippen LogP contribution in [0.25, 0.3) is 0 Å². The average molecular weight is 429 g/mol. The molecule has 0 heterocycles. The van der Waals surface area contributed by atoms with Crippen LogP contribution in [0.15, 0.2) is 58.3 Å². The first-order valence-corrected chi connectivity index (χ1v) is 11.1. The molecule has 0 radical (unpaired) electrons. The van der Waals surface area contributed by atoms with Gasteiger partial charge in [0.25, 0.3) is 0 Å². The number of benzene rings is 2. The zero-order valence-corrected chi connectivity index (χ0v) is 16.8. The lowest BCUT2D eigenvalue weighted by molar-refractivity contribution is -0.122. The monoisotopic (exact) mass is 429 g/mol. The molecule has 28 heavy (non-hydrogen) atoms. The van der Waals surface area contributed by atoms with E-state index in [0.29, 0.717) is 5.56 Å². The van der Waals surface area contributed by atoms with E-state index in [9.17, 15) is 26.0 Å². The van der Waals surface area contributed by atoms with Gasteiger partial charge in [-0.25, -0.2) is 25.9 Å². The molecule has 0 aromatic heterocycles. The van der Waals surface area contributed by atoms with Gasteiger partial charge in [0.05, 0.1) is 10.9 Å². The Kier molecular flexibility index (Phi) is 6.88. The smallest absolute Gasteiger partial charge is 0.244 e. The molecule has 1 atom stereocenters. The molecule has 3 N–H and O–H groups in total. The molecule has 0 bridgehead atoms. The standard InChI is InChI=1S/C17H20FN3O5S2/c1-12(21-28(25,26)16-9-4-3-8-15(16)18)17(22)20-11-13-6-5-7-14(10-13)27(23,24)19-2/h3-10,12,19,21H,11H2,1-2H3,(H,20,22)/t12-/m0/s1. The molecule has 0 saturated carbocycles. The molecule has 0 saturated heterocycles. The van der Waals surface area contributed by atoms with Crippen LogP contribution in [-0.2, 0) is 31.4 Å². The van der Waals surface area contributed by atoms with Gasteiger partial charge in [0, 0.05) is 6.54 Å². The molecule has 8 nitrogen and oxygen atoms in total. The van der Waals surface area contributed by atoms with Gasteiger partial charge < -0.3 is 5.32 Å². The van der Waals surface area contributed by atoms with Gasteiger partial charge in [-0.2, -0.15) is 4.72 Å². The van der Waals surface area contributed by atoms with E-state index in [4.69, 9.17) is 0 Å². The second kappa shape index (κ2) is 8.78. The highest BCUT2D eigenvalue weighted by atomic mass is 32.2. The summed E-state index contributed by atoms with van der Waals surface area (Å²) in [6.07, 6.45) is 0. The Balaban J connectivity index is 2.04. The number of amides is 1. The molecule has 0 aliphatic rings. The number of hydrogen-bond acceptors (Lipinski definition) is 5. The van der Waals surface area contributed by atoms with Gasteiger partial charge in [0.15, 0.2) is 0 Å². The van der Waals surface area contributed by atoms with Gasteiger partial charge in [0.1, 0.15) is 10.7 Å². The summed E-state index contributed by atoms with van der Waals surface area (Å²) in [5.74, 6) is -1.58. The zero-order chi connectivity index (χ0) is 20.9. The maximum atomic E-state index is 13.7. The molecule has 152 valence electrons. The van der Waals surface area contributed by atoms with Crippen molar-refractivity contribution >= 4 is 26.0 Å². The fourth-order valence-electron chi connectivity index (χ4n) is 2.30. The number of rotatable bonds is 8. The fraction of sp³-hybridized carbons (Fsp3) is 0.235. The lowest BCUT2D eigenvalue weighted by atomic mass is 10.2. The van der Waals surface area contributed by atoms with Crippen molar-refractivity contribution in [2.75, 3.05) is 7.05 Å². The van der Waals surface area contributed by atoms with Crippen molar-refractivity contribution in [1.82, 2.24) is 14.8 Å². The second-order valence-electron chi connectivity index (χ2n) is 5.85. The van der Waals surface area contributed by atoms with E-state index in [1.54, 1.807) is 6.07 Å². The molecule has 2 aromatic rings. The number of sulfonamides is 2. The minimum atomic E-state index is -4.22. The summed E-state index contributed by atoms with van der Waals surface area (Å²) < 4.78 is 66.1. The van der Waals surface area contributed by atoms with E-state index >= 15 is 0 Å². The van der Waals surface area contributed by atoms with E-state index in [1.165, 1.54) is 44.3 Å². The summed E-state index contributed by atoms with van der Waals surface area (Å²) in [6, 6.07) is 9.58. The van der Waals surface area contributed by atoms with Crippen LogP contribution < -0.4 is 14.8 Å². The summed E-state index contributed by atoms with van der Waals surface area (Å²) in [6.45, 7) is 1.30. The van der Waals surface area contributed by atoms with Crippen LogP contribution >= 0.6 is 0 Å². The normalized spacial score (nSPS) is 13.1. The summed E-state index contributed by atoms with van der Waals surface area (Å²) in [4.78, 5) is 11.7. The largest absolute Gasteiger partial charge is 0.351 e. The minimum absolute atomic E-state index is 0.0162. The van der Waals surface area contributed by atoms with Gasteiger partial charge in [-0.3, -0.25) is 4.79 Å². The summed E-state index contributed by atoms with van der Waals surface area (Å²) in [7, 11) is -6.56. The lowest BCUT2D eigenvalue weighted by Crippen LogP contribution is -2.44. The zero-order valence-electron chi connectivity index (χ0n) is 15.1. The first-order valence-electron chi connectivity index (χ1n) is 8.14. The number of carbonyl (C=O) groups is 1. The summed E-state index contributed by atoms with van der Waals surface area (Å²) in [5.41, 5.74) is 0.508. The fourth-order valence-corrected chi connectivity index (χ4v) is 4.38. The van der Waals surface area contributed by atoms with Gasteiger partial charge in [0.2, 0.25) is 26.0 Å². The second-order valence-corrected chi connectivity index (χ2v) is 9.42. The van der Waals surface area contributed by atoms with Gasteiger partial charge in [-0.05, 0) is 43.8 Å². The first-order chi connectivity index (χ1) is 13.1. The van der Waals surface area contributed by atoms with Crippen LogP contribution in [0, 0.1) is 5.82 Å². The lowest BCUT2D eigenvalue weighted by Gasteiger charge is -2.15. The number of hydrogen-bond donors (Lipinski definition) is 3. The molecule has 1 amide bonds. The third-order valence-electron chi connectivity index (χ3n) is 3.80. The highest BCUT2D eigenvalue weighted by molar-refractivity contribution is 7.89. The Bertz CT molecular complexity index is 1070. The van der Waals surface area contributed by atoms with Crippen LogP contribution in [-0.4, -0.2) is 35.8 Å². The molecule has 0 aliphatic carbocycles. The van der Waals surface area contributed by atoms with Crippen molar-refractivity contribution in [3.8, 4) is 0 Å². The predicted octanol–water partition coefficient (Wildman–Crippen LogP) is 0.717. The van der Waals surface area contributed by atoms with Crippen molar-refractivity contribution < 1.29 is 26.0 Å². The van der Waals surface area contributed by atoms with Gasteiger partial charge in [-0.15, -0.1) is 0 Å². The van der Waals surface area contributed by atoms with Crippen LogP contribution in [0.4, 0.5) is 4.39 Å². The third kappa shape index (κ3) is 5.35. The quantitative estimate of drug-likeness (QED) is 0.571. The van der Waals surface area contributed by atoms with E-state index in [2.05, 4.69) is 14.8 Å². The number of carbonyl (C=O) groups excluding carboxylic acids is 1. The summed E-state index contributed by atoms with van der Waals surface area (Å²) in [5, 5.41) is 2.51. The maximum absolute atomic E-state index is 13.7. The van der Waals surface area contributed by atoms with Crippen molar-refractivity contribution in [1.29, 1.82) is 0 Å². The van der Waals surface area contributed by atoms with Crippen LogP contribution in [0.1, 0.15) is 12.5 Å². The van der Waals surface area contributed by atoms with Crippen LogP contribution in [0.5, 0.6) is 0 Å². The maximum Gasteiger partial charge on any atom is 0.244 e. The molecule has 2 aromatic carbocycles. The van der Waals surface area contributed by atoms with E-state index in [1.807, 2.05) is 0 Å². The molecule has 0 aliphatic heterocycles. The Morgan fingerprint density at radius 3 is 2.36 bits per heavy atom. The Morgan fingerprint density at radius 2 is 1.71 bits per heavy atom. The van der Waals surface area contributed by atoms with Gasteiger partial charge in [-0.1, -0.05) is 24.3 Å². The first kappa shape index (κ1) is 22.0. The van der Waals surface area contributed by atoms with Crippen LogP contribution in [0.3, 0.4) is 0 Å². The average Bonchev–Trinajstić information content (AvgIpc) is 2.66. The third-order valence-corrected chi connectivity index (χ3v) is 6.78. The minimum Gasteiger partial charge on any atom is -0.351 e. The van der Waals surface area contributed by atoms with Crippen molar-refractivity contribution in [3.63, 3.8) is 0 Å². The Morgan fingerprint density at radius 1 is 1.04 bits per heavy atom. The molecular formula is C17H20FN3O5S2. The molecule has 2 rings (SSSR count). The van der Waals surface area contributed by atoms with Crippen molar-refractivity contribution in [2.45, 2.75) is 29.3 Å². The number of nitrogens with one attached hydrogen (secondary N) is 3. The van der Waals surface area contributed by atoms with Crippen LogP contribution in [0.2, 0.25) is 0 Å². The van der Waals surface area contributed by atoms with E-state index in [0.717, 1.165) is 12.1 Å². The SMILES string of the molecule is CNS(=O)(=O)c1cccc(CNC(=O)[C@H](C)NS(=O)(=O)c2ccccc2F)c1. The topological polar surface area (TPSA) is 121 Å². The Labute approximate surface area is 163 Å². The van der Waals surface area contributed by atoms with Crippen molar-refractivity contribution in [2.24, 2.45) is 0 Å². The van der Waals surface area contributed by atoms with Gasteiger partial charge >= 0.3 is 0 Å². The van der Waals surface area contributed by atoms with Crippen molar-refractivity contribution in [3.05, 3.63) is 59.9 Å². The molecular weight excluding hydrogens is 409 g/mol. The molecule has 0 fully saturated rings. The van der Waals surface area contributed by atoms with E-state index < -0.39 is 42.7 Å². The highest BCUT2D eigenvalue weighted by Crippen LogP contribution is 2.14. The Hall–Kier alpha value is -2.34. The summed E-state index contributed by atoms with van der Waals surface area (Å²) >= 11 is 0. The predicted molar refractivity (Wildman–Crippen MR) is 101 cm³/mol. The van der Waals surface area contributed by atoms with E-state index in [-0.39, 0.29) is 11.4 Å². The number of halogens is 1. The molecule has 11 heteroatoms.